The number of ether oxygens (including phenoxy) is 1. The predicted molar refractivity (Wildman–Crippen MR) is 99.5 cm³/mol. The molecule has 0 saturated carbocycles. The van der Waals surface area contributed by atoms with Gasteiger partial charge in [0.1, 0.15) is 12.9 Å². The van der Waals surface area contributed by atoms with Crippen molar-refractivity contribution in [2.75, 3.05) is 20.2 Å². The van der Waals surface area contributed by atoms with Gasteiger partial charge in [-0.25, -0.2) is 4.99 Å². The maximum absolute atomic E-state index is 5.54. The third-order valence-corrected chi connectivity index (χ3v) is 3.23. The molecule has 1 aromatic heterocycles. The second-order valence-corrected chi connectivity index (χ2v) is 6.02. The molecule has 2 N–H and O–H groups in total. The van der Waals surface area contributed by atoms with E-state index in [9.17, 15) is 0 Å². The Hall–Kier alpha value is -0.900. The summed E-state index contributed by atoms with van der Waals surface area (Å²) >= 11 is 0. The van der Waals surface area contributed by atoms with Crippen LogP contribution in [-0.4, -0.2) is 47.0 Å². The first-order valence-corrected chi connectivity index (χ1v) is 7.26. The molecule has 1 aromatic rings. The van der Waals surface area contributed by atoms with E-state index in [0.29, 0.717) is 13.1 Å². The number of methoxy groups -OCH3 is 1. The van der Waals surface area contributed by atoms with Gasteiger partial charge >= 0.3 is 0 Å². The van der Waals surface area contributed by atoms with E-state index in [1.54, 1.807) is 13.4 Å². The second-order valence-electron chi connectivity index (χ2n) is 6.02. The smallest absolute Gasteiger partial charge is 0.191 e. The van der Waals surface area contributed by atoms with Gasteiger partial charge < -0.3 is 19.9 Å². The normalized spacial score (nSPS) is 13.5. The fourth-order valence-corrected chi connectivity index (χ4v) is 1.87. The predicted octanol–water partition coefficient (Wildman–Crippen LogP) is 1.55. The average Bonchev–Trinajstić information content (AvgIpc) is 2.80. The molecule has 0 aromatic carbocycles. The number of aryl methyl sites for hydroxylation is 1. The van der Waals surface area contributed by atoms with Crippen molar-refractivity contribution in [3.8, 4) is 0 Å². The van der Waals surface area contributed by atoms with Crippen LogP contribution in [0.15, 0.2) is 11.3 Å². The Morgan fingerprint density at radius 2 is 2.09 bits per heavy atom. The number of hydrogen-bond acceptors (Lipinski definition) is 4. The van der Waals surface area contributed by atoms with Crippen LogP contribution < -0.4 is 10.6 Å². The Morgan fingerprint density at radius 3 is 2.55 bits per heavy atom. The van der Waals surface area contributed by atoms with Crippen molar-refractivity contribution in [1.29, 1.82) is 0 Å². The lowest BCUT2D eigenvalue weighted by atomic mass is 9.89. The van der Waals surface area contributed by atoms with Gasteiger partial charge in [0, 0.05) is 27.2 Å². The molecule has 0 bridgehead atoms. The van der Waals surface area contributed by atoms with Crippen molar-refractivity contribution in [3.05, 3.63) is 12.2 Å². The minimum absolute atomic E-state index is 0. The van der Waals surface area contributed by atoms with Gasteiger partial charge in [-0.2, -0.15) is 0 Å². The van der Waals surface area contributed by atoms with Crippen molar-refractivity contribution in [1.82, 2.24) is 25.4 Å². The Labute approximate surface area is 150 Å². The van der Waals surface area contributed by atoms with E-state index in [2.05, 4.69) is 46.6 Å². The first-order chi connectivity index (χ1) is 9.88. The summed E-state index contributed by atoms with van der Waals surface area (Å²) in [5, 5.41) is 14.4. The van der Waals surface area contributed by atoms with Crippen LogP contribution in [0, 0.1) is 5.41 Å². The molecular formula is C14H29IN6O. The van der Waals surface area contributed by atoms with Crippen LogP contribution in [0.3, 0.4) is 0 Å². The minimum Gasteiger partial charge on any atom is -0.379 e. The highest BCUT2D eigenvalue weighted by atomic mass is 127. The summed E-state index contributed by atoms with van der Waals surface area (Å²) in [5.74, 6) is 1.58. The third kappa shape index (κ3) is 6.91. The summed E-state index contributed by atoms with van der Waals surface area (Å²) in [4.78, 5) is 4.52. The van der Waals surface area contributed by atoms with Crippen LogP contribution in [0.2, 0.25) is 0 Å². The quantitative estimate of drug-likeness (QED) is 0.412. The number of nitrogens with one attached hydrogen (secondary N) is 2. The summed E-state index contributed by atoms with van der Waals surface area (Å²) in [7, 11) is 3.65. The molecule has 1 rings (SSSR count). The van der Waals surface area contributed by atoms with Crippen LogP contribution >= 0.6 is 24.0 Å². The van der Waals surface area contributed by atoms with Crippen LogP contribution in [-0.2, 0) is 18.3 Å². The Kier molecular flexibility index (Phi) is 9.58. The van der Waals surface area contributed by atoms with Crippen LogP contribution in [0.25, 0.3) is 0 Å². The SMILES string of the molecule is CCNC(=NCc1nncn1C)NCC(OC)C(C)(C)C.I. The van der Waals surface area contributed by atoms with E-state index >= 15 is 0 Å². The molecule has 1 atom stereocenters. The molecule has 22 heavy (non-hydrogen) atoms. The minimum atomic E-state index is 0. The molecule has 0 spiro atoms. The summed E-state index contributed by atoms with van der Waals surface area (Å²) in [6, 6.07) is 0. The van der Waals surface area contributed by atoms with Crippen molar-refractivity contribution < 1.29 is 4.74 Å². The molecule has 128 valence electrons. The molecule has 0 radical (unpaired) electrons. The van der Waals surface area contributed by atoms with E-state index in [4.69, 9.17) is 4.74 Å². The van der Waals surface area contributed by atoms with Gasteiger partial charge in [0.05, 0.1) is 6.10 Å². The highest BCUT2D eigenvalue weighted by Crippen LogP contribution is 2.20. The van der Waals surface area contributed by atoms with Crippen LogP contribution in [0.1, 0.15) is 33.5 Å². The maximum atomic E-state index is 5.54. The maximum Gasteiger partial charge on any atom is 0.191 e. The standard InChI is InChI=1S/C14H28N6O.HI/c1-7-15-13(16-8-11(21-6)14(2,3)4)17-9-12-19-18-10-20(12)5;/h10-11H,7-9H2,1-6H3,(H2,15,16,17);1H. The third-order valence-electron chi connectivity index (χ3n) is 3.23. The highest BCUT2D eigenvalue weighted by molar-refractivity contribution is 14.0. The number of rotatable bonds is 6. The lowest BCUT2D eigenvalue weighted by Crippen LogP contribution is -2.45. The molecule has 0 aliphatic heterocycles. The molecule has 1 unspecified atom stereocenters. The number of halogens is 1. The Bertz CT molecular complexity index is 454. The summed E-state index contributed by atoms with van der Waals surface area (Å²) in [5.41, 5.74) is 0.0721. The van der Waals surface area contributed by atoms with Gasteiger partial charge in [-0.1, -0.05) is 20.8 Å². The molecule has 8 heteroatoms. The molecule has 0 saturated heterocycles. The van der Waals surface area contributed by atoms with Gasteiger partial charge in [-0.05, 0) is 12.3 Å². The average molecular weight is 424 g/mol. The van der Waals surface area contributed by atoms with Crippen molar-refractivity contribution in [3.63, 3.8) is 0 Å². The van der Waals surface area contributed by atoms with Gasteiger partial charge in [0.25, 0.3) is 0 Å². The van der Waals surface area contributed by atoms with Crippen LogP contribution in [0.5, 0.6) is 0 Å². The first kappa shape index (κ1) is 21.1. The van der Waals surface area contributed by atoms with E-state index < -0.39 is 0 Å². The van der Waals surface area contributed by atoms with Gasteiger partial charge in [0.2, 0.25) is 0 Å². The van der Waals surface area contributed by atoms with Gasteiger partial charge in [-0.3, -0.25) is 0 Å². The lowest BCUT2D eigenvalue weighted by Gasteiger charge is -2.30. The topological polar surface area (TPSA) is 76.4 Å². The zero-order valence-corrected chi connectivity index (χ0v) is 16.7. The molecule has 0 fully saturated rings. The van der Waals surface area contributed by atoms with E-state index in [1.807, 2.05) is 18.5 Å². The van der Waals surface area contributed by atoms with E-state index in [0.717, 1.165) is 18.3 Å². The van der Waals surface area contributed by atoms with Crippen LogP contribution in [0.4, 0.5) is 0 Å². The Morgan fingerprint density at radius 1 is 1.41 bits per heavy atom. The largest absolute Gasteiger partial charge is 0.379 e. The zero-order valence-electron chi connectivity index (χ0n) is 14.4. The van der Waals surface area contributed by atoms with E-state index in [1.165, 1.54) is 0 Å². The number of hydrogen-bond donors (Lipinski definition) is 2. The highest BCUT2D eigenvalue weighted by Gasteiger charge is 2.24. The fraction of sp³-hybridized carbons (Fsp3) is 0.786. The van der Waals surface area contributed by atoms with Crippen molar-refractivity contribution in [2.24, 2.45) is 17.5 Å². The van der Waals surface area contributed by atoms with Gasteiger partial charge in [0.15, 0.2) is 11.8 Å². The summed E-state index contributed by atoms with van der Waals surface area (Å²) in [6.07, 6.45) is 1.78. The molecular weight excluding hydrogens is 395 g/mol. The summed E-state index contributed by atoms with van der Waals surface area (Å²) in [6.45, 7) is 10.5. The van der Waals surface area contributed by atoms with Crippen molar-refractivity contribution >= 4 is 29.9 Å². The molecule has 0 amide bonds. The first-order valence-electron chi connectivity index (χ1n) is 7.26. The zero-order chi connectivity index (χ0) is 15.9. The number of aliphatic imine (C=N–C) groups is 1. The lowest BCUT2D eigenvalue weighted by molar-refractivity contribution is 0.0205. The molecule has 0 aliphatic carbocycles. The number of guanidine groups is 1. The molecule has 7 nitrogen and oxygen atoms in total. The monoisotopic (exact) mass is 424 g/mol. The molecule has 1 heterocycles. The van der Waals surface area contributed by atoms with Crippen molar-refractivity contribution in [2.45, 2.75) is 40.3 Å². The fourth-order valence-electron chi connectivity index (χ4n) is 1.87. The second kappa shape index (κ2) is 9.98. The van der Waals surface area contributed by atoms with Gasteiger partial charge in [-0.15, -0.1) is 34.2 Å². The Balaban J connectivity index is 0.00000441. The number of nitrogens with zero attached hydrogens (tertiary/aromatic N) is 4. The molecule has 0 aliphatic rings. The van der Waals surface area contributed by atoms with E-state index in [-0.39, 0.29) is 35.5 Å². The summed E-state index contributed by atoms with van der Waals surface area (Å²) < 4.78 is 7.40. The number of aromatic nitrogens is 3.